The zero-order chi connectivity index (χ0) is 13.2. The Balaban J connectivity index is 2.11. The van der Waals surface area contributed by atoms with Crippen LogP contribution in [0.25, 0.3) is 0 Å². The Kier molecular flexibility index (Phi) is 4.22. The van der Waals surface area contributed by atoms with Crippen LogP contribution >= 0.6 is 27.7 Å². The number of anilines is 1. The Labute approximate surface area is 121 Å². The summed E-state index contributed by atoms with van der Waals surface area (Å²) < 4.78 is 6.15. The van der Waals surface area contributed by atoms with Crippen LogP contribution in [0.3, 0.4) is 0 Å². The summed E-state index contributed by atoms with van der Waals surface area (Å²) in [7, 11) is 1.66. The number of nitrogens with one attached hydrogen (secondary N) is 1. The molecule has 0 saturated carbocycles. The lowest BCUT2D eigenvalue weighted by Gasteiger charge is -2.15. The first-order chi connectivity index (χ1) is 8.56. The summed E-state index contributed by atoms with van der Waals surface area (Å²) in [6.45, 7) is 4.37. The summed E-state index contributed by atoms with van der Waals surface area (Å²) in [5, 5.41) is 4.35. The second kappa shape index (κ2) is 5.53. The van der Waals surface area contributed by atoms with Gasteiger partial charge < -0.3 is 10.1 Å². The molecule has 1 aromatic rings. The molecule has 1 N–H and O–H groups in total. The molecule has 2 rings (SSSR count). The van der Waals surface area contributed by atoms with Crippen LogP contribution in [0, 0.1) is 0 Å². The van der Waals surface area contributed by atoms with E-state index in [1.165, 1.54) is 0 Å². The van der Waals surface area contributed by atoms with Gasteiger partial charge >= 0.3 is 0 Å². The van der Waals surface area contributed by atoms with Crippen molar-refractivity contribution in [3.05, 3.63) is 22.7 Å². The third-order valence-electron chi connectivity index (χ3n) is 3.06. The maximum absolute atomic E-state index is 5.21. The SMILES string of the molecule is CCC1(C)CSC(Nc2ccc(OC)c(Br)c2)=N1. The minimum atomic E-state index is 0.0801. The lowest BCUT2D eigenvalue weighted by molar-refractivity contribution is 0.412. The molecule has 1 heterocycles. The fraction of sp³-hybridized carbons (Fsp3) is 0.462. The number of rotatable bonds is 3. The van der Waals surface area contributed by atoms with Crippen LogP contribution in [0.15, 0.2) is 27.7 Å². The minimum Gasteiger partial charge on any atom is -0.496 e. The average Bonchev–Trinajstić information content (AvgIpc) is 2.72. The minimum absolute atomic E-state index is 0.0801. The molecule has 0 radical (unpaired) electrons. The van der Waals surface area contributed by atoms with Crippen molar-refractivity contribution in [3.8, 4) is 5.75 Å². The Morgan fingerprint density at radius 1 is 1.56 bits per heavy atom. The van der Waals surface area contributed by atoms with E-state index in [0.29, 0.717) is 0 Å². The lowest BCUT2D eigenvalue weighted by atomic mass is 10.0. The monoisotopic (exact) mass is 328 g/mol. The third kappa shape index (κ3) is 3.01. The highest BCUT2D eigenvalue weighted by atomic mass is 79.9. The van der Waals surface area contributed by atoms with Gasteiger partial charge in [0.05, 0.1) is 17.1 Å². The van der Waals surface area contributed by atoms with Crippen LogP contribution in [0.5, 0.6) is 5.75 Å². The zero-order valence-corrected chi connectivity index (χ0v) is 13.2. The Morgan fingerprint density at radius 2 is 2.33 bits per heavy atom. The molecular formula is C13H17BrN2OS. The largest absolute Gasteiger partial charge is 0.496 e. The summed E-state index contributed by atoms with van der Waals surface area (Å²) >= 11 is 5.26. The van der Waals surface area contributed by atoms with Gasteiger partial charge in [0.15, 0.2) is 5.17 Å². The Hall–Kier alpha value is -0.680. The van der Waals surface area contributed by atoms with Gasteiger partial charge in [-0.25, -0.2) is 0 Å². The number of thioether (sulfide) groups is 1. The van der Waals surface area contributed by atoms with Gasteiger partial charge in [-0.2, -0.15) is 0 Å². The maximum Gasteiger partial charge on any atom is 0.161 e. The van der Waals surface area contributed by atoms with Gasteiger partial charge in [0, 0.05) is 11.4 Å². The Bertz CT molecular complexity index is 478. The standard InChI is InChI=1S/C13H17BrN2OS/c1-4-13(2)8-18-12(16-13)15-9-5-6-11(17-3)10(14)7-9/h5-7H,4,8H2,1-3H3,(H,15,16). The van der Waals surface area contributed by atoms with Gasteiger partial charge in [0.1, 0.15) is 5.75 Å². The number of ether oxygens (including phenoxy) is 1. The van der Waals surface area contributed by atoms with Gasteiger partial charge in [0.2, 0.25) is 0 Å². The molecular weight excluding hydrogens is 312 g/mol. The van der Waals surface area contributed by atoms with Crippen LogP contribution in [0.2, 0.25) is 0 Å². The molecule has 0 bridgehead atoms. The summed E-state index contributed by atoms with van der Waals surface area (Å²) in [6.07, 6.45) is 1.07. The van der Waals surface area contributed by atoms with Gasteiger partial charge in [-0.1, -0.05) is 18.7 Å². The molecule has 18 heavy (non-hydrogen) atoms. The van der Waals surface area contributed by atoms with Gasteiger partial charge in [0.25, 0.3) is 0 Å². The first kappa shape index (κ1) is 13.7. The smallest absolute Gasteiger partial charge is 0.161 e. The van der Waals surface area contributed by atoms with Crippen molar-refractivity contribution in [2.75, 3.05) is 18.2 Å². The van der Waals surface area contributed by atoms with Crippen LogP contribution in [-0.4, -0.2) is 23.6 Å². The summed E-state index contributed by atoms with van der Waals surface area (Å²) in [6, 6.07) is 5.93. The zero-order valence-electron chi connectivity index (χ0n) is 10.8. The lowest BCUT2D eigenvalue weighted by Crippen LogP contribution is -2.20. The highest BCUT2D eigenvalue weighted by Gasteiger charge is 2.28. The van der Waals surface area contributed by atoms with Crippen molar-refractivity contribution >= 4 is 38.5 Å². The van der Waals surface area contributed by atoms with E-state index in [4.69, 9.17) is 9.73 Å². The summed E-state index contributed by atoms with van der Waals surface area (Å²) in [5.74, 6) is 1.88. The van der Waals surface area contributed by atoms with Crippen molar-refractivity contribution in [3.63, 3.8) is 0 Å². The number of methoxy groups -OCH3 is 1. The van der Waals surface area contributed by atoms with Crippen molar-refractivity contribution < 1.29 is 4.74 Å². The normalized spacial score (nSPS) is 22.8. The first-order valence-corrected chi connectivity index (χ1v) is 7.67. The highest BCUT2D eigenvalue weighted by Crippen LogP contribution is 2.32. The van der Waals surface area contributed by atoms with E-state index in [1.807, 2.05) is 18.2 Å². The summed E-state index contributed by atoms with van der Waals surface area (Å²) in [4.78, 5) is 4.73. The van der Waals surface area contributed by atoms with Crippen LogP contribution in [0.4, 0.5) is 5.69 Å². The molecule has 1 aliphatic heterocycles. The molecule has 1 atom stereocenters. The quantitative estimate of drug-likeness (QED) is 0.905. The molecule has 1 unspecified atom stereocenters. The number of hydrogen-bond donors (Lipinski definition) is 1. The molecule has 0 spiro atoms. The van der Waals surface area contributed by atoms with E-state index in [0.717, 1.165) is 33.3 Å². The molecule has 0 amide bonds. The molecule has 3 nitrogen and oxygen atoms in total. The topological polar surface area (TPSA) is 33.6 Å². The van der Waals surface area contributed by atoms with Crippen LogP contribution in [-0.2, 0) is 0 Å². The van der Waals surface area contributed by atoms with E-state index in [2.05, 4.69) is 35.1 Å². The fourth-order valence-electron chi connectivity index (χ4n) is 1.65. The van der Waals surface area contributed by atoms with Crippen molar-refractivity contribution in [2.45, 2.75) is 25.8 Å². The van der Waals surface area contributed by atoms with Crippen LogP contribution < -0.4 is 10.1 Å². The predicted octanol–water partition coefficient (Wildman–Crippen LogP) is 4.14. The second-order valence-electron chi connectivity index (χ2n) is 4.53. The number of hydrogen-bond acceptors (Lipinski definition) is 4. The van der Waals surface area contributed by atoms with E-state index >= 15 is 0 Å². The fourth-order valence-corrected chi connectivity index (χ4v) is 3.38. The van der Waals surface area contributed by atoms with Crippen molar-refractivity contribution in [1.82, 2.24) is 0 Å². The van der Waals surface area contributed by atoms with Gasteiger partial charge in [-0.15, -0.1) is 0 Å². The molecule has 0 aliphatic carbocycles. The van der Waals surface area contributed by atoms with E-state index in [9.17, 15) is 0 Å². The number of benzene rings is 1. The number of amidine groups is 1. The molecule has 5 heteroatoms. The molecule has 0 saturated heterocycles. The molecule has 1 aromatic carbocycles. The number of halogens is 1. The molecule has 0 fully saturated rings. The molecule has 0 aromatic heterocycles. The molecule has 98 valence electrons. The van der Waals surface area contributed by atoms with Gasteiger partial charge in [-0.3, -0.25) is 4.99 Å². The maximum atomic E-state index is 5.21. The summed E-state index contributed by atoms with van der Waals surface area (Å²) in [5.41, 5.74) is 1.10. The van der Waals surface area contributed by atoms with Crippen LogP contribution in [0.1, 0.15) is 20.3 Å². The third-order valence-corrected chi connectivity index (χ3v) is 4.91. The second-order valence-corrected chi connectivity index (χ2v) is 6.35. The van der Waals surface area contributed by atoms with Crippen molar-refractivity contribution in [2.24, 2.45) is 4.99 Å². The number of aliphatic imine (C=N–C) groups is 1. The molecule has 1 aliphatic rings. The van der Waals surface area contributed by atoms with E-state index in [1.54, 1.807) is 18.9 Å². The first-order valence-electron chi connectivity index (χ1n) is 5.89. The Morgan fingerprint density at radius 3 is 2.89 bits per heavy atom. The number of nitrogens with zero attached hydrogens (tertiary/aromatic N) is 1. The highest BCUT2D eigenvalue weighted by molar-refractivity contribution is 9.10. The van der Waals surface area contributed by atoms with E-state index in [-0.39, 0.29) is 5.54 Å². The van der Waals surface area contributed by atoms with Gasteiger partial charge in [-0.05, 0) is 47.5 Å². The van der Waals surface area contributed by atoms with E-state index < -0.39 is 0 Å². The predicted molar refractivity (Wildman–Crippen MR) is 82.9 cm³/mol. The van der Waals surface area contributed by atoms with Crippen molar-refractivity contribution in [1.29, 1.82) is 0 Å². The average molecular weight is 329 g/mol.